The number of amides is 1. The molecular formula is C19H17N3O4. The van der Waals surface area contributed by atoms with Crippen molar-refractivity contribution >= 4 is 28.6 Å². The minimum atomic E-state index is -0.994. The Bertz CT molecular complexity index is 1030. The van der Waals surface area contributed by atoms with Crippen LogP contribution in [-0.4, -0.2) is 32.1 Å². The molecule has 0 bridgehead atoms. The van der Waals surface area contributed by atoms with Crippen LogP contribution in [0.1, 0.15) is 27.3 Å². The number of hydrogen-bond acceptors (Lipinski definition) is 5. The molecule has 132 valence electrons. The lowest BCUT2D eigenvalue weighted by Crippen LogP contribution is -2.12. The molecule has 1 heterocycles. The minimum absolute atomic E-state index is 0.139. The number of benzene rings is 2. The van der Waals surface area contributed by atoms with E-state index in [2.05, 4.69) is 15.3 Å². The van der Waals surface area contributed by atoms with Gasteiger partial charge in [0.25, 0.3) is 5.91 Å². The summed E-state index contributed by atoms with van der Waals surface area (Å²) in [4.78, 5) is 32.2. The molecule has 0 unspecified atom stereocenters. The van der Waals surface area contributed by atoms with Crippen LogP contribution in [0.5, 0.6) is 5.75 Å². The molecule has 0 aliphatic rings. The number of nitrogens with one attached hydrogen (secondary N) is 1. The molecule has 0 saturated carbocycles. The Labute approximate surface area is 149 Å². The number of fused-ring (bicyclic) bond motifs is 1. The van der Waals surface area contributed by atoms with Crippen LogP contribution >= 0.6 is 0 Å². The van der Waals surface area contributed by atoms with E-state index in [-0.39, 0.29) is 17.9 Å². The summed E-state index contributed by atoms with van der Waals surface area (Å²) >= 11 is 0. The van der Waals surface area contributed by atoms with Gasteiger partial charge >= 0.3 is 5.97 Å². The summed E-state index contributed by atoms with van der Waals surface area (Å²) < 4.78 is 0. The monoisotopic (exact) mass is 351 g/mol. The number of hydrogen-bond donors (Lipinski definition) is 3. The number of carboxylic acid groups (broad SMARTS) is 1. The number of aliphatic carboxylic acids is 1. The van der Waals surface area contributed by atoms with Crippen molar-refractivity contribution in [2.75, 3.05) is 5.32 Å². The van der Waals surface area contributed by atoms with E-state index in [9.17, 15) is 14.7 Å². The van der Waals surface area contributed by atoms with Gasteiger partial charge in [0.1, 0.15) is 5.75 Å². The van der Waals surface area contributed by atoms with Crippen molar-refractivity contribution in [3.63, 3.8) is 0 Å². The summed E-state index contributed by atoms with van der Waals surface area (Å²) in [5.41, 5.74) is 3.89. The molecule has 0 saturated heterocycles. The zero-order valence-corrected chi connectivity index (χ0v) is 14.3. The highest BCUT2D eigenvalue weighted by molar-refractivity contribution is 6.06. The fourth-order valence-electron chi connectivity index (χ4n) is 2.53. The fraction of sp³-hybridized carbons (Fsp3) is 0.158. The summed E-state index contributed by atoms with van der Waals surface area (Å²) in [6.07, 6.45) is -0.201. The fourth-order valence-corrected chi connectivity index (χ4v) is 2.53. The molecule has 26 heavy (non-hydrogen) atoms. The van der Waals surface area contributed by atoms with Gasteiger partial charge in [-0.05, 0) is 49.7 Å². The van der Waals surface area contributed by atoms with Gasteiger partial charge in [0.05, 0.1) is 34.5 Å². The summed E-state index contributed by atoms with van der Waals surface area (Å²) in [5, 5.41) is 21.4. The van der Waals surface area contributed by atoms with Crippen molar-refractivity contribution in [2.24, 2.45) is 0 Å². The number of carboxylic acids is 1. The first-order chi connectivity index (χ1) is 12.3. The molecule has 1 amide bonds. The summed E-state index contributed by atoms with van der Waals surface area (Å²) in [5.74, 6) is -1.57. The molecule has 0 spiro atoms. The van der Waals surface area contributed by atoms with Crippen LogP contribution < -0.4 is 5.32 Å². The van der Waals surface area contributed by atoms with Gasteiger partial charge in [-0.2, -0.15) is 0 Å². The Morgan fingerprint density at radius 3 is 2.38 bits per heavy atom. The SMILES string of the molecule is Cc1nc2ccc(C(=O)Nc3cc(CC(=O)O)ccc3O)cc2nc1C. The number of aryl methyl sites for hydroxylation is 2. The molecule has 3 N–H and O–H groups in total. The van der Waals surface area contributed by atoms with Gasteiger partial charge in [0.15, 0.2) is 0 Å². The van der Waals surface area contributed by atoms with Crippen molar-refractivity contribution < 1.29 is 19.8 Å². The number of anilines is 1. The lowest BCUT2D eigenvalue weighted by atomic mass is 10.1. The topological polar surface area (TPSA) is 112 Å². The number of carbonyl (C=O) groups excluding carboxylic acids is 1. The van der Waals surface area contributed by atoms with Crippen molar-refractivity contribution in [1.29, 1.82) is 0 Å². The maximum Gasteiger partial charge on any atom is 0.307 e. The van der Waals surface area contributed by atoms with E-state index in [1.54, 1.807) is 18.2 Å². The maximum atomic E-state index is 12.5. The van der Waals surface area contributed by atoms with Crippen molar-refractivity contribution in [2.45, 2.75) is 20.3 Å². The second-order valence-electron chi connectivity index (χ2n) is 5.97. The number of phenolic OH excluding ortho intramolecular Hbond substituents is 1. The quantitative estimate of drug-likeness (QED) is 0.623. The molecule has 0 radical (unpaired) electrons. The number of carbonyl (C=O) groups is 2. The molecule has 1 aromatic heterocycles. The molecule has 3 aromatic rings. The van der Waals surface area contributed by atoms with Gasteiger partial charge in [-0.25, -0.2) is 9.97 Å². The van der Waals surface area contributed by atoms with Crippen molar-refractivity contribution in [3.05, 3.63) is 58.9 Å². The molecule has 0 aliphatic carbocycles. The minimum Gasteiger partial charge on any atom is -0.506 e. The number of aromatic hydroxyl groups is 1. The van der Waals surface area contributed by atoms with E-state index >= 15 is 0 Å². The molecule has 2 aromatic carbocycles. The van der Waals surface area contributed by atoms with Gasteiger partial charge in [-0.15, -0.1) is 0 Å². The molecular weight excluding hydrogens is 334 g/mol. The highest BCUT2D eigenvalue weighted by Crippen LogP contribution is 2.25. The maximum absolute atomic E-state index is 12.5. The Balaban J connectivity index is 1.89. The first-order valence-corrected chi connectivity index (χ1v) is 7.93. The molecule has 0 fully saturated rings. The summed E-state index contributed by atoms with van der Waals surface area (Å²) in [6.45, 7) is 3.72. The zero-order chi connectivity index (χ0) is 18.8. The van der Waals surface area contributed by atoms with Crippen molar-refractivity contribution in [3.8, 4) is 5.75 Å². The highest BCUT2D eigenvalue weighted by atomic mass is 16.4. The largest absolute Gasteiger partial charge is 0.506 e. The lowest BCUT2D eigenvalue weighted by molar-refractivity contribution is -0.136. The number of nitrogens with zero attached hydrogens (tertiary/aromatic N) is 2. The summed E-state index contributed by atoms with van der Waals surface area (Å²) in [7, 11) is 0. The Kier molecular flexibility index (Phi) is 4.53. The molecule has 3 rings (SSSR count). The van der Waals surface area contributed by atoms with E-state index in [1.165, 1.54) is 18.2 Å². The van der Waals surface area contributed by atoms with Crippen LogP contribution in [0.2, 0.25) is 0 Å². The van der Waals surface area contributed by atoms with Crippen LogP contribution in [0, 0.1) is 13.8 Å². The first kappa shape index (κ1) is 17.3. The van der Waals surface area contributed by atoms with Gasteiger partial charge in [0, 0.05) is 5.56 Å². The van der Waals surface area contributed by atoms with Gasteiger partial charge in [-0.3, -0.25) is 9.59 Å². The second kappa shape index (κ2) is 6.79. The second-order valence-corrected chi connectivity index (χ2v) is 5.97. The normalized spacial score (nSPS) is 10.7. The molecule has 0 atom stereocenters. The number of rotatable bonds is 4. The summed E-state index contributed by atoms with van der Waals surface area (Å²) in [6, 6.07) is 9.25. The smallest absolute Gasteiger partial charge is 0.307 e. The van der Waals surface area contributed by atoms with Crippen LogP contribution in [0.25, 0.3) is 11.0 Å². The van der Waals surface area contributed by atoms with Gasteiger partial charge in [-0.1, -0.05) is 6.07 Å². The van der Waals surface area contributed by atoms with E-state index in [0.29, 0.717) is 22.2 Å². The van der Waals surface area contributed by atoms with Gasteiger partial charge < -0.3 is 15.5 Å². The third-order valence-electron chi connectivity index (χ3n) is 4.00. The third kappa shape index (κ3) is 3.61. The average molecular weight is 351 g/mol. The Morgan fingerprint density at radius 1 is 1.00 bits per heavy atom. The van der Waals surface area contributed by atoms with Crippen LogP contribution in [0.15, 0.2) is 36.4 Å². The van der Waals surface area contributed by atoms with E-state index in [4.69, 9.17) is 5.11 Å². The van der Waals surface area contributed by atoms with Crippen LogP contribution in [0.3, 0.4) is 0 Å². The van der Waals surface area contributed by atoms with Crippen LogP contribution in [0.4, 0.5) is 5.69 Å². The standard InChI is InChI=1S/C19H17N3O4/c1-10-11(2)21-15-9-13(4-5-14(15)20-10)19(26)22-16-7-12(8-18(24)25)3-6-17(16)23/h3-7,9,23H,8H2,1-2H3,(H,22,26)(H,24,25). The first-order valence-electron chi connectivity index (χ1n) is 7.93. The van der Waals surface area contributed by atoms with E-state index in [0.717, 1.165) is 11.4 Å². The predicted octanol–water partition coefficient (Wildman–Crippen LogP) is 2.83. The third-order valence-corrected chi connectivity index (χ3v) is 4.00. The predicted molar refractivity (Wildman–Crippen MR) is 96.4 cm³/mol. The van der Waals surface area contributed by atoms with E-state index in [1.807, 2.05) is 13.8 Å². The molecule has 7 heteroatoms. The lowest BCUT2D eigenvalue weighted by Gasteiger charge is -2.10. The zero-order valence-electron chi connectivity index (χ0n) is 14.3. The van der Waals surface area contributed by atoms with Gasteiger partial charge in [0.2, 0.25) is 0 Å². The highest BCUT2D eigenvalue weighted by Gasteiger charge is 2.12. The Morgan fingerprint density at radius 2 is 1.69 bits per heavy atom. The Hall–Kier alpha value is -3.48. The molecule has 0 aliphatic heterocycles. The average Bonchev–Trinajstić information content (AvgIpc) is 2.58. The van der Waals surface area contributed by atoms with Crippen LogP contribution in [-0.2, 0) is 11.2 Å². The number of phenols is 1. The van der Waals surface area contributed by atoms with E-state index < -0.39 is 11.9 Å². The molecule has 7 nitrogen and oxygen atoms in total. The van der Waals surface area contributed by atoms with Crippen molar-refractivity contribution in [1.82, 2.24) is 9.97 Å². The number of aromatic nitrogens is 2.